The van der Waals surface area contributed by atoms with Crippen LogP contribution in [0.5, 0.6) is 0 Å². The molecule has 1 N–H and O–H groups in total. The Kier molecular flexibility index (Phi) is 5.11. The highest BCUT2D eigenvalue weighted by Crippen LogP contribution is 2.29. The van der Waals surface area contributed by atoms with Gasteiger partial charge in [0.05, 0.1) is 36.6 Å². The summed E-state index contributed by atoms with van der Waals surface area (Å²) in [5.41, 5.74) is 0.556. The summed E-state index contributed by atoms with van der Waals surface area (Å²) in [6.07, 6.45) is 5.58. The molecule has 22 heavy (non-hydrogen) atoms. The monoisotopic (exact) mass is 309 g/mol. The summed E-state index contributed by atoms with van der Waals surface area (Å²) in [6.45, 7) is 8.97. The van der Waals surface area contributed by atoms with Gasteiger partial charge in [0.1, 0.15) is 0 Å². The van der Waals surface area contributed by atoms with Crippen molar-refractivity contribution in [1.82, 2.24) is 9.78 Å². The van der Waals surface area contributed by atoms with Crippen LogP contribution in [0.25, 0.3) is 0 Å². The van der Waals surface area contributed by atoms with E-state index in [1.165, 1.54) is 0 Å². The van der Waals surface area contributed by atoms with Crippen molar-refractivity contribution in [3.8, 4) is 0 Å². The van der Waals surface area contributed by atoms with Gasteiger partial charge >= 0.3 is 5.97 Å². The summed E-state index contributed by atoms with van der Waals surface area (Å²) in [6, 6.07) is 0.362. The fraction of sp³-hybridized carbons (Fsp3) is 0.750. The number of ether oxygens (including phenoxy) is 1. The average Bonchev–Trinajstić information content (AvgIpc) is 2.98. The van der Waals surface area contributed by atoms with Gasteiger partial charge in [-0.3, -0.25) is 9.48 Å². The van der Waals surface area contributed by atoms with Gasteiger partial charge in [0.2, 0.25) is 0 Å². The molecule has 1 aromatic rings. The first-order valence-electron chi connectivity index (χ1n) is 7.98. The minimum atomic E-state index is -0.433. The van der Waals surface area contributed by atoms with Gasteiger partial charge in [-0.15, -0.1) is 0 Å². The van der Waals surface area contributed by atoms with E-state index in [2.05, 4.69) is 16.9 Å². The van der Waals surface area contributed by atoms with Gasteiger partial charge in [0.15, 0.2) is 0 Å². The number of nitrogens with zero attached hydrogens (tertiary/aromatic N) is 3. The van der Waals surface area contributed by atoms with Gasteiger partial charge in [0.25, 0.3) is 0 Å². The fourth-order valence-corrected chi connectivity index (χ4v) is 2.78. The molecular weight excluding hydrogens is 282 g/mol. The maximum atomic E-state index is 12.0. The highest BCUT2D eigenvalue weighted by atomic mass is 16.5. The molecule has 2 rings (SSSR count). The predicted molar refractivity (Wildman–Crippen MR) is 84.8 cm³/mol. The number of piperidine rings is 1. The minimum absolute atomic E-state index is 0.0229. The molecule has 1 aliphatic rings. The van der Waals surface area contributed by atoms with Crippen LogP contribution in [0.15, 0.2) is 12.4 Å². The van der Waals surface area contributed by atoms with E-state index < -0.39 is 5.54 Å². The summed E-state index contributed by atoms with van der Waals surface area (Å²) in [5, 5.41) is 13.8. The third kappa shape index (κ3) is 3.43. The van der Waals surface area contributed by atoms with Crippen LogP contribution < -0.4 is 4.90 Å². The van der Waals surface area contributed by atoms with E-state index in [0.29, 0.717) is 19.2 Å². The van der Waals surface area contributed by atoms with Crippen molar-refractivity contribution in [3.05, 3.63) is 12.4 Å². The second kappa shape index (κ2) is 6.69. The van der Waals surface area contributed by atoms with Crippen molar-refractivity contribution < 1.29 is 14.6 Å². The van der Waals surface area contributed by atoms with E-state index in [1.807, 2.05) is 27.0 Å². The number of carbonyl (C=O) groups is 1. The molecule has 2 atom stereocenters. The Balaban J connectivity index is 2.14. The zero-order valence-corrected chi connectivity index (χ0v) is 14.0. The Labute approximate surface area is 132 Å². The smallest absolute Gasteiger partial charge is 0.310 e. The van der Waals surface area contributed by atoms with Gasteiger partial charge in [-0.2, -0.15) is 5.10 Å². The molecule has 2 unspecified atom stereocenters. The lowest BCUT2D eigenvalue weighted by Gasteiger charge is -2.37. The molecule has 124 valence electrons. The van der Waals surface area contributed by atoms with Crippen molar-refractivity contribution in [2.24, 2.45) is 5.92 Å². The van der Waals surface area contributed by atoms with Crippen LogP contribution >= 0.6 is 0 Å². The number of aliphatic hydroxyl groups is 1. The SMILES string of the molecule is CCOC(=O)C1CCC(C)N(c2cnn(C(C)(C)CO)c2)C1. The van der Waals surface area contributed by atoms with Crippen LogP contribution in [0.2, 0.25) is 0 Å². The van der Waals surface area contributed by atoms with E-state index in [4.69, 9.17) is 4.74 Å². The molecule has 0 aliphatic carbocycles. The molecule has 0 spiro atoms. The standard InChI is InChI=1S/C16H27N3O3/c1-5-22-15(21)13-7-6-12(2)18(9-13)14-8-17-19(10-14)16(3,4)11-20/h8,10,12-13,20H,5-7,9,11H2,1-4H3. The number of rotatable bonds is 5. The Bertz CT molecular complexity index is 512. The van der Waals surface area contributed by atoms with Crippen LogP contribution in [-0.4, -0.2) is 46.7 Å². The normalized spacial score (nSPS) is 22.7. The first-order chi connectivity index (χ1) is 10.4. The lowest BCUT2D eigenvalue weighted by Crippen LogP contribution is -2.44. The number of aliphatic hydroxyl groups excluding tert-OH is 1. The van der Waals surface area contributed by atoms with E-state index in [1.54, 1.807) is 10.9 Å². The zero-order valence-electron chi connectivity index (χ0n) is 14.0. The lowest BCUT2D eigenvalue weighted by atomic mass is 9.93. The third-order valence-electron chi connectivity index (χ3n) is 4.41. The highest BCUT2D eigenvalue weighted by molar-refractivity contribution is 5.73. The van der Waals surface area contributed by atoms with Crippen LogP contribution in [0.3, 0.4) is 0 Å². The topological polar surface area (TPSA) is 67.6 Å². The van der Waals surface area contributed by atoms with Crippen LogP contribution in [0.4, 0.5) is 5.69 Å². The Morgan fingerprint density at radius 1 is 1.50 bits per heavy atom. The second-order valence-electron chi connectivity index (χ2n) is 6.64. The molecule has 0 saturated carbocycles. The molecule has 1 fully saturated rings. The third-order valence-corrected chi connectivity index (χ3v) is 4.41. The summed E-state index contributed by atoms with van der Waals surface area (Å²) in [5.74, 6) is -0.187. The second-order valence-corrected chi connectivity index (χ2v) is 6.64. The van der Waals surface area contributed by atoms with E-state index in [-0.39, 0.29) is 18.5 Å². The minimum Gasteiger partial charge on any atom is -0.466 e. The van der Waals surface area contributed by atoms with Crippen molar-refractivity contribution in [2.75, 3.05) is 24.7 Å². The molecule has 0 radical (unpaired) electrons. The van der Waals surface area contributed by atoms with Crippen molar-refractivity contribution in [1.29, 1.82) is 0 Å². The van der Waals surface area contributed by atoms with E-state index in [9.17, 15) is 9.90 Å². The molecule has 2 heterocycles. The van der Waals surface area contributed by atoms with Gasteiger partial charge in [-0.25, -0.2) is 0 Å². The zero-order chi connectivity index (χ0) is 16.3. The van der Waals surface area contributed by atoms with Crippen LogP contribution in [0.1, 0.15) is 40.5 Å². The Morgan fingerprint density at radius 2 is 2.23 bits per heavy atom. The van der Waals surface area contributed by atoms with Crippen molar-refractivity contribution in [3.63, 3.8) is 0 Å². The number of esters is 1. The molecule has 1 saturated heterocycles. The van der Waals surface area contributed by atoms with Gasteiger partial charge in [0, 0.05) is 18.8 Å². The summed E-state index contributed by atoms with van der Waals surface area (Å²) < 4.78 is 6.94. The summed E-state index contributed by atoms with van der Waals surface area (Å²) in [4.78, 5) is 14.2. The molecule has 0 amide bonds. The summed E-state index contributed by atoms with van der Waals surface area (Å²) >= 11 is 0. The molecule has 1 aliphatic heterocycles. The van der Waals surface area contributed by atoms with Gasteiger partial charge in [-0.05, 0) is 40.5 Å². The average molecular weight is 309 g/mol. The lowest BCUT2D eigenvalue weighted by molar-refractivity contribution is -0.148. The van der Waals surface area contributed by atoms with Crippen LogP contribution in [-0.2, 0) is 15.1 Å². The molecule has 6 nitrogen and oxygen atoms in total. The van der Waals surface area contributed by atoms with Crippen molar-refractivity contribution >= 4 is 11.7 Å². The first kappa shape index (κ1) is 16.8. The molecule has 6 heteroatoms. The van der Waals surface area contributed by atoms with Gasteiger partial charge < -0.3 is 14.7 Å². The largest absolute Gasteiger partial charge is 0.466 e. The van der Waals surface area contributed by atoms with E-state index in [0.717, 1.165) is 18.5 Å². The predicted octanol–water partition coefficient (Wildman–Crippen LogP) is 1.78. The maximum absolute atomic E-state index is 12.0. The number of aromatic nitrogens is 2. The molecular formula is C16H27N3O3. The summed E-state index contributed by atoms with van der Waals surface area (Å²) in [7, 11) is 0. The Morgan fingerprint density at radius 3 is 2.86 bits per heavy atom. The molecule has 1 aromatic heterocycles. The molecule has 0 aromatic carbocycles. The first-order valence-corrected chi connectivity index (χ1v) is 7.98. The van der Waals surface area contributed by atoms with E-state index >= 15 is 0 Å². The highest BCUT2D eigenvalue weighted by Gasteiger charge is 2.32. The number of carbonyl (C=O) groups excluding carboxylic acids is 1. The fourth-order valence-electron chi connectivity index (χ4n) is 2.78. The number of anilines is 1. The molecule has 0 bridgehead atoms. The van der Waals surface area contributed by atoms with Crippen LogP contribution in [0, 0.1) is 5.92 Å². The van der Waals surface area contributed by atoms with Gasteiger partial charge in [-0.1, -0.05) is 0 Å². The number of hydrogen-bond acceptors (Lipinski definition) is 5. The quantitative estimate of drug-likeness (QED) is 0.840. The van der Waals surface area contributed by atoms with Crippen molar-refractivity contribution in [2.45, 2.75) is 52.1 Å². The number of hydrogen-bond donors (Lipinski definition) is 1. The maximum Gasteiger partial charge on any atom is 0.310 e. The Hall–Kier alpha value is -1.56.